The van der Waals surface area contributed by atoms with Gasteiger partial charge in [-0.25, -0.2) is 4.39 Å². The Balaban J connectivity index is 1.62. The molecular weight excluding hydrogens is 363 g/mol. The van der Waals surface area contributed by atoms with Crippen LogP contribution in [0.5, 0.6) is 0 Å². The maximum Gasteiger partial charge on any atom is 0.272 e. The molecule has 5 nitrogen and oxygen atoms in total. The van der Waals surface area contributed by atoms with Crippen molar-refractivity contribution in [1.82, 2.24) is 20.4 Å². The minimum Gasteiger partial charge on any atom is -0.347 e. The molecule has 0 saturated carbocycles. The summed E-state index contributed by atoms with van der Waals surface area (Å²) in [4.78, 5) is 12.2. The van der Waals surface area contributed by atoms with E-state index >= 15 is 0 Å². The molecule has 1 aromatic carbocycles. The Labute approximate surface area is 142 Å². The van der Waals surface area contributed by atoms with Gasteiger partial charge in [0.25, 0.3) is 5.91 Å². The van der Waals surface area contributed by atoms with E-state index in [2.05, 4.69) is 31.7 Å². The lowest BCUT2D eigenvalue weighted by Crippen LogP contribution is -2.32. The predicted octanol–water partition coefficient (Wildman–Crippen LogP) is 2.64. The minimum atomic E-state index is -0.327. The molecule has 122 valence electrons. The van der Waals surface area contributed by atoms with Crippen molar-refractivity contribution in [3.63, 3.8) is 0 Å². The lowest BCUT2D eigenvalue weighted by atomic mass is 10.1. The molecule has 1 fully saturated rings. The monoisotopic (exact) mass is 380 g/mol. The van der Waals surface area contributed by atoms with E-state index in [-0.39, 0.29) is 18.3 Å². The zero-order valence-electron chi connectivity index (χ0n) is 12.6. The fraction of sp³-hybridized carbons (Fsp3) is 0.375. The molecule has 0 bridgehead atoms. The van der Waals surface area contributed by atoms with Gasteiger partial charge in [-0.1, -0.05) is 15.9 Å². The first-order valence-corrected chi connectivity index (χ1v) is 8.41. The second-order valence-electron chi connectivity index (χ2n) is 5.60. The quantitative estimate of drug-likeness (QED) is 0.856. The number of hydrogen-bond donors (Lipinski definition) is 2. The average Bonchev–Trinajstić information content (AvgIpc) is 3.06. The van der Waals surface area contributed by atoms with Crippen LogP contribution in [0.1, 0.15) is 34.9 Å². The second kappa shape index (κ2) is 7.23. The van der Waals surface area contributed by atoms with Crippen LogP contribution < -0.4 is 10.6 Å². The summed E-state index contributed by atoms with van der Waals surface area (Å²) < 4.78 is 15.9. The Morgan fingerprint density at radius 1 is 1.48 bits per heavy atom. The molecule has 1 aliphatic heterocycles. The summed E-state index contributed by atoms with van der Waals surface area (Å²) in [6.45, 7) is 2.15. The number of carbonyl (C=O) groups excluding carboxylic acids is 1. The highest BCUT2D eigenvalue weighted by atomic mass is 79.9. The highest BCUT2D eigenvalue weighted by Gasteiger charge is 2.17. The normalized spacial score (nSPS) is 17.9. The molecular formula is C16H18BrFN4O. The summed E-state index contributed by atoms with van der Waals surface area (Å²) in [5.74, 6) is -0.588. The Morgan fingerprint density at radius 3 is 3.13 bits per heavy atom. The maximum absolute atomic E-state index is 13.2. The van der Waals surface area contributed by atoms with Crippen LogP contribution in [-0.2, 0) is 6.54 Å². The van der Waals surface area contributed by atoms with Gasteiger partial charge in [-0.2, -0.15) is 5.10 Å². The summed E-state index contributed by atoms with van der Waals surface area (Å²) in [5.41, 5.74) is 1.07. The fourth-order valence-electron chi connectivity index (χ4n) is 2.67. The van der Waals surface area contributed by atoms with Crippen molar-refractivity contribution in [3.8, 4) is 0 Å². The third kappa shape index (κ3) is 3.97. The summed E-state index contributed by atoms with van der Waals surface area (Å²) >= 11 is 3.35. The first-order valence-electron chi connectivity index (χ1n) is 7.61. The lowest BCUT2D eigenvalue weighted by molar-refractivity contribution is 0.0944. The zero-order valence-corrected chi connectivity index (χ0v) is 14.1. The van der Waals surface area contributed by atoms with Crippen molar-refractivity contribution < 1.29 is 9.18 Å². The number of piperidine rings is 1. The van der Waals surface area contributed by atoms with Crippen molar-refractivity contribution in [2.45, 2.75) is 25.4 Å². The largest absolute Gasteiger partial charge is 0.347 e. The van der Waals surface area contributed by atoms with Crippen LogP contribution in [0.2, 0.25) is 0 Å². The number of carbonyl (C=O) groups is 1. The number of nitrogens with one attached hydrogen (secondary N) is 2. The SMILES string of the molecule is O=C(NCc1cc(F)ccc1Br)c1ccn(C2CCCNC2)n1. The highest BCUT2D eigenvalue weighted by molar-refractivity contribution is 9.10. The number of nitrogens with zero attached hydrogens (tertiary/aromatic N) is 2. The molecule has 0 radical (unpaired) electrons. The third-order valence-electron chi connectivity index (χ3n) is 3.93. The Morgan fingerprint density at radius 2 is 2.35 bits per heavy atom. The van der Waals surface area contributed by atoms with Gasteiger partial charge in [0.1, 0.15) is 11.5 Å². The van der Waals surface area contributed by atoms with Crippen LogP contribution in [0.3, 0.4) is 0 Å². The molecule has 7 heteroatoms. The Bertz CT molecular complexity index is 697. The van der Waals surface area contributed by atoms with Crippen LogP contribution >= 0.6 is 15.9 Å². The maximum atomic E-state index is 13.2. The van der Waals surface area contributed by atoms with Crippen LogP contribution in [0.4, 0.5) is 4.39 Å². The Kier molecular flexibility index (Phi) is 5.07. The van der Waals surface area contributed by atoms with Crippen LogP contribution in [0, 0.1) is 5.82 Å². The van der Waals surface area contributed by atoms with Crippen molar-refractivity contribution in [1.29, 1.82) is 0 Å². The molecule has 1 amide bonds. The number of hydrogen-bond acceptors (Lipinski definition) is 3. The van der Waals surface area contributed by atoms with Gasteiger partial charge in [-0.05, 0) is 49.2 Å². The van der Waals surface area contributed by atoms with Crippen molar-refractivity contribution in [3.05, 3.63) is 52.0 Å². The Hall–Kier alpha value is -1.73. The van der Waals surface area contributed by atoms with E-state index in [1.165, 1.54) is 12.1 Å². The molecule has 2 aromatic rings. The standard InChI is InChI=1S/C16H18BrFN4O/c17-14-4-3-12(18)8-11(14)9-20-16(23)15-5-7-22(21-15)13-2-1-6-19-10-13/h3-5,7-8,13,19H,1-2,6,9-10H2,(H,20,23). The fourth-order valence-corrected chi connectivity index (χ4v) is 3.05. The predicted molar refractivity (Wildman–Crippen MR) is 88.6 cm³/mol. The molecule has 2 N–H and O–H groups in total. The van der Waals surface area contributed by atoms with Gasteiger partial charge in [0.15, 0.2) is 0 Å². The van der Waals surface area contributed by atoms with E-state index in [1.807, 2.05) is 10.9 Å². The number of amides is 1. The summed E-state index contributed by atoms with van der Waals surface area (Å²) in [5, 5.41) is 10.5. The molecule has 2 heterocycles. The van der Waals surface area contributed by atoms with Gasteiger partial charge in [0.05, 0.1) is 6.04 Å². The van der Waals surface area contributed by atoms with Crippen molar-refractivity contribution >= 4 is 21.8 Å². The molecule has 1 unspecified atom stereocenters. The van der Waals surface area contributed by atoms with Crippen LogP contribution in [-0.4, -0.2) is 28.8 Å². The number of halogens is 2. The van der Waals surface area contributed by atoms with E-state index in [0.717, 1.165) is 30.4 Å². The van der Waals surface area contributed by atoms with Crippen LogP contribution in [0.15, 0.2) is 34.9 Å². The van der Waals surface area contributed by atoms with Gasteiger partial charge in [0, 0.05) is 23.8 Å². The van der Waals surface area contributed by atoms with E-state index in [0.29, 0.717) is 17.3 Å². The summed E-state index contributed by atoms with van der Waals surface area (Å²) in [6.07, 6.45) is 4.01. The molecule has 0 aliphatic carbocycles. The van der Waals surface area contributed by atoms with Crippen molar-refractivity contribution in [2.75, 3.05) is 13.1 Å². The average molecular weight is 381 g/mol. The van der Waals surface area contributed by atoms with Gasteiger partial charge in [0.2, 0.25) is 0 Å². The first-order chi connectivity index (χ1) is 11.1. The zero-order chi connectivity index (χ0) is 16.2. The minimum absolute atomic E-state index is 0.245. The van der Waals surface area contributed by atoms with Gasteiger partial charge in [-0.3, -0.25) is 9.48 Å². The topological polar surface area (TPSA) is 59.0 Å². The van der Waals surface area contributed by atoms with E-state index < -0.39 is 0 Å². The number of benzene rings is 1. The summed E-state index contributed by atoms with van der Waals surface area (Å²) in [7, 11) is 0. The van der Waals surface area contributed by atoms with Gasteiger partial charge in [-0.15, -0.1) is 0 Å². The number of rotatable bonds is 4. The van der Waals surface area contributed by atoms with Gasteiger partial charge < -0.3 is 10.6 Å². The molecule has 0 spiro atoms. The van der Waals surface area contributed by atoms with E-state index in [4.69, 9.17) is 0 Å². The van der Waals surface area contributed by atoms with Crippen molar-refractivity contribution in [2.24, 2.45) is 0 Å². The molecule has 1 aliphatic rings. The first kappa shape index (κ1) is 16.1. The molecule has 23 heavy (non-hydrogen) atoms. The molecule has 1 saturated heterocycles. The molecule has 1 aromatic heterocycles. The smallest absolute Gasteiger partial charge is 0.272 e. The molecule has 3 rings (SSSR count). The summed E-state index contributed by atoms with van der Waals surface area (Å²) in [6, 6.07) is 6.40. The lowest BCUT2D eigenvalue weighted by Gasteiger charge is -2.22. The van der Waals surface area contributed by atoms with E-state index in [9.17, 15) is 9.18 Å². The third-order valence-corrected chi connectivity index (χ3v) is 4.71. The highest BCUT2D eigenvalue weighted by Crippen LogP contribution is 2.18. The second-order valence-corrected chi connectivity index (χ2v) is 6.45. The van der Waals surface area contributed by atoms with Gasteiger partial charge >= 0.3 is 0 Å². The molecule has 1 atom stereocenters. The number of aromatic nitrogens is 2. The van der Waals surface area contributed by atoms with E-state index in [1.54, 1.807) is 12.1 Å². The van der Waals surface area contributed by atoms with Crippen LogP contribution in [0.25, 0.3) is 0 Å².